The third-order valence-corrected chi connectivity index (χ3v) is 6.15. The number of likely N-dealkylation sites (tertiary alicyclic amines) is 1. The Labute approximate surface area is 181 Å². The first kappa shape index (κ1) is 22.5. The fourth-order valence-electron chi connectivity index (χ4n) is 4.38. The fraction of sp³-hybridized carbons (Fsp3) is 0.619. The van der Waals surface area contributed by atoms with Crippen molar-refractivity contribution in [2.24, 2.45) is 11.7 Å². The maximum Gasteiger partial charge on any atom is 0.329 e. The molecule has 0 aromatic carbocycles. The van der Waals surface area contributed by atoms with Crippen LogP contribution in [0.25, 0.3) is 11.0 Å². The molecule has 1 amide bonds. The average Bonchev–Trinajstić information content (AvgIpc) is 3.55. The molecule has 164 valence electrons. The van der Waals surface area contributed by atoms with E-state index in [1.807, 2.05) is 6.92 Å². The molecular weight excluding hydrogens is 406 g/mol. The van der Waals surface area contributed by atoms with Gasteiger partial charge in [0.25, 0.3) is 11.5 Å². The van der Waals surface area contributed by atoms with Crippen LogP contribution < -0.4 is 17.0 Å². The number of aromatic nitrogens is 3. The molecule has 2 unspecified atom stereocenters. The Balaban J connectivity index is 0.00000256. The standard InChI is InChI=1S/C21H29N5O3.ClH/c1-3-7-26-18-17(19(27)24-21(26)29)15(10-16(23-18)13-4-5-13)20(28)25-8-6-12(2)9-14(25)11-22;/h10,12-14H,3-9,11,22H2,1-2H3,(H,24,27,29);1H. The Morgan fingerprint density at radius 3 is 2.67 bits per heavy atom. The smallest absolute Gasteiger partial charge is 0.329 e. The van der Waals surface area contributed by atoms with E-state index in [9.17, 15) is 14.4 Å². The van der Waals surface area contributed by atoms with Gasteiger partial charge in [0.2, 0.25) is 0 Å². The summed E-state index contributed by atoms with van der Waals surface area (Å²) in [4.78, 5) is 47.6. The van der Waals surface area contributed by atoms with Gasteiger partial charge in [0.15, 0.2) is 5.65 Å². The normalized spacial score (nSPS) is 21.5. The van der Waals surface area contributed by atoms with Crippen molar-refractivity contribution in [1.29, 1.82) is 0 Å². The van der Waals surface area contributed by atoms with Gasteiger partial charge in [-0.1, -0.05) is 13.8 Å². The number of halogens is 1. The van der Waals surface area contributed by atoms with Crippen molar-refractivity contribution < 1.29 is 4.79 Å². The molecule has 0 radical (unpaired) electrons. The molecule has 3 heterocycles. The Morgan fingerprint density at radius 2 is 2.03 bits per heavy atom. The SMILES string of the molecule is CCCn1c(=O)[nH]c(=O)c2c(C(=O)N3CCC(C)CC3CN)cc(C3CC3)nc21.Cl. The molecule has 9 heteroatoms. The average molecular weight is 436 g/mol. The maximum absolute atomic E-state index is 13.6. The molecule has 30 heavy (non-hydrogen) atoms. The van der Waals surface area contributed by atoms with Crippen molar-refractivity contribution in [2.45, 2.75) is 64.5 Å². The van der Waals surface area contributed by atoms with Gasteiger partial charge in [-0.05, 0) is 44.1 Å². The predicted molar refractivity (Wildman–Crippen MR) is 118 cm³/mol. The number of carbonyl (C=O) groups excluding carboxylic acids is 1. The highest BCUT2D eigenvalue weighted by Crippen LogP contribution is 2.40. The zero-order chi connectivity index (χ0) is 20.7. The van der Waals surface area contributed by atoms with Crippen molar-refractivity contribution in [2.75, 3.05) is 13.1 Å². The number of rotatable bonds is 5. The molecule has 2 fully saturated rings. The summed E-state index contributed by atoms with van der Waals surface area (Å²) in [5.41, 5.74) is 6.40. The van der Waals surface area contributed by atoms with E-state index < -0.39 is 11.2 Å². The number of aryl methyl sites for hydroxylation is 1. The van der Waals surface area contributed by atoms with Crippen LogP contribution in [-0.2, 0) is 6.54 Å². The number of hydrogen-bond acceptors (Lipinski definition) is 5. The van der Waals surface area contributed by atoms with Crippen LogP contribution in [0.1, 0.15) is 67.9 Å². The van der Waals surface area contributed by atoms with Gasteiger partial charge < -0.3 is 10.6 Å². The first-order valence-electron chi connectivity index (χ1n) is 10.6. The van der Waals surface area contributed by atoms with Crippen molar-refractivity contribution in [3.05, 3.63) is 38.2 Å². The summed E-state index contributed by atoms with van der Waals surface area (Å²) in [6.07, 6.45) is 4.52. The first-order chi connectivity index (χ1) is 13.9. The topological polar surface area (TPSA) is 114 Å². The van der Waals surface area contributed by atoms with E-state index in [2.05, 4.69) is 16.9 Å². The molecule has 2 aliphatic rings. The van der Waals surface area contributed by atoms with Gasteiger partial charge in [0, 0.05) is 37.3 Å². The van der Waals surface area contributed by atoms with Crippen LogP contribution in [0.15, 0.2) is 15.7 Å². The lowest BCUT2D eigenvalue weighted by Gasteiger charge is -2.38. The van der Waals surface area contributed by atoms with Gasteiger partial charge in [-0.15, -0.1) is 12.4 Å². The molecule has 1 aliphatic carbocycles. The molecule has 2 aromatic heterocycles. The van der Waals surface area contributed by atoms with E-state index in [0.717, 1.165) is 37.8 Å². The lowest BCUT2D eigenvalue weighted by Crippen LogP contribution is -2.49. The second-order valence-corrected chi connectivity index (χ2v) is 8.50. The summed E-state index contributed by atoms with van der Waals surface area (Å²) in [5, 5.41) is 0.210. The summed E-state index contributed by atoms with van der Waals surface area (Å²) >= 11 is 0. The van der Waals surface area contributed by atoms with E-state index in [1.54, 1.807) is 11.0 Å². The number of pyridine rings is 1. The molecule has 1 saturated carbocycles. The van der Waals surface area contributed by atoms with E-state index in [-0.39, 0.29) is 29.7 Å². The molecule has 4 rings (SSSR count). The first-order valence-corrected chi connectivity index (χ1v) is 10.6. The molecule has 2 atom stereocenters. The van der Waals surface area contributed by atoms with Crippen molar-refractivity contribution in [3.63, 3.8) is 0 Å². The van der Waals surface area contributed by atoms with Crippen LogP contribution in [0.4, 0.5) is 0 Å². The monoisotopic (exact) mass is 435 g/mol. The van der Waals surface area contributed by atoms with Crippen LogP contribution >= 0.6 is 12.4 Å². The lowest BCUT2D eigenvalue weighted by molar-refractivity contribution is 0.0575. The minimum atomic E-state index is -0.551. The van der Waals surface area contributed by atoms with Crippen molar-refractivity contribution in [1.82, 2.24) is 19.4 Å². The second kappa shape index (κ2) is 8.89. The Hall–Kier alpha value is -2.19. The summed E-state index contributed by atoms with van der Waals surface area (Å²) in [7, 11) is 0. The summed E-state index contributed by atoms with van der Waals surface area (Å²) < 4.78 is 1.48. The van der Waals surface area contributed by atoms with Crippen LogP contribution in [-0.4, -0.2) is 44.5 Å². The Kier molecular flexibility index (Phi) is 6.67. The quantitative estimate of drug-likeness (QED) is 0.745. The number of amides is 1. The Morgan fingerprint density at radius 1 is 1.30 bits per heavy atom. The number of nitrogens with one attached hydrogen (secondary N) is 1. The van der Waals surface area contributed by atoms with E-state index in [0.29, 0.717) is 42.7 Å². The number of nitrogens with two attached hydrogens (primary N) is 1. The number of piperidine rings is 1. The van der Waals surface area contributed by atoms with Crippen molar-refractivity contribution >= 4 is 29.3 Å². The number of carbonyl (C=O) groups is 1. The van der Waals surface area contributed by atoms with Crippen LogP contribution in [0, 0.1) is 5.92 Å². The highest BCUT2D eigenvalue weighted by Gasteiger charge is 2.33. The van der Waals surface area contributed by atoms with Gasteiger partial charge in [-0.2, -0.15) is 0 Å². The minimum absolute atomic E-state index is 0. The van der Waals surface area contributed by atoms with E-state index >= 15 is 0 Å². The zero-order valence-corrected chi connectivity index (χ0v) is 18.3. The summed E-state index contributed by atoms with van der Waals surface area (Å²) in [5.74, 6) is 0.623. The van der Waals surface area contributed by atoms with Crippen LogP contribution in [0.3, 0.4) is 0 Å². The van der Waals surface area contributed by atoms with Crippen molar-refractivity contribution in [3.8, 4) is 0 Å². The minimum Gasteiger partial charge on any atom is -0.334 e. The second-order valence-electron chi connectivity index (χ2n) is 8.50. The van der Waals surface area contributed by atoms with Gasteiger partial charge >= 0.3 is 5.69 Å². The molecular formula is C21H30ClN5O3. The molecule has 2 aromatic rings. The number of aromatic amines is 1. The molecule has 1 aliphatic heterocycles. The Bertz CT molecular complexity index is 1060. The van der Waals surface area contributed by atoms with E-state index in [1.165, 1.54) is 4.57 Å². The fourth-order valence-corrected chi connectivity index (χ4v) is 4.38. The molecule has 0 bridgehead atoms. The molecule has 8 nitrogen and oxygen atoms in total. The predicted octanol–water partition coefficient (Wildman–Crippen LogP) is 1.99. The van der Waals surface area contributed by atoms with Gasteiger partial charge in [0.05, 0.1) is 10.9 Å². The summed E-state index contributed by atoms with van der Waals surface area (Å²) in [6.45, 7) is 5.59. The van der Waals surface area contributed by atoms with Gasteiger partial charge in [0.1, 0.15) is 0 Å². The summed E-state index contributed by atoms with van der Waals surface area (Å²) in [6, 6.07) is 1.73. The number of H-pyrrole nitrogens is 1. The van der Waals surface area contributed by atoms with Gasteiger partial charge in [-0.3, -0.25) is 19.1 Å². The highest BCUT2D eigenvalue weighted by molar-refractivity contribution is 6.05. The molecule has 3 N–H and O–H groups in total. The molecule has 1 saturated heterocycles. The third kappa shape index (κ3) is 4.03. The third-order valence-electron chi connectivity index (χ3n) is 6.15. The van der Waals surface area contributed by atoms with E-state index in [4.69, 9.17) is 5.73 Å². The van der Waals surface area contributed by atoms with Crippen LogP contribution in [0.2, 0.25) is 0 Å². The highest BCUT2D eigenvalue weighted by atomic mass is 35.5. The number of nitrogens with zero attached hydrogens (tertiary/aromatic N) is 3. The zero-order valence-electron chi connectivity index (χ0n) is 17.5. The number of hydrogen-bond donors (Lipinski definition) is 2. The maximum atomic E-state index is 13.6. The van der Waals surface area contributed by atoms with Gasteiger partial charge in [-0.25, -0.2) is 9.78 Å². The largest absolute Gasteiger partial charge is 0.334 e. The molecule has 0 spiro atoms. The number of fused-ring (bicyclic) bond motifs is 1. The van der Waals surface area contributed by atoms with Crippen LogP contribution in [0.5, 0.6) is 0 Å². The lowest BCUT2D eigenvalue weighted by atomic mass is 9.91.